The van der Waals surface area contributed by atoms with Crippen LogP contribution in [0, 0.1) is 5.92 Å². The highest BCUT2D eigenvalue weighted by Gasteiger charge is 2.12. The third-order valence-corrected chi connectivity index (χ3v) is 1.17. The van der Waals surface area contributed by atoms with E-state index in [1.165, 1.54) is 0 Å². The third-order valence-electron chi connectivity index (χ3n) is 1.17. The first-order valence-electron chi connectivity index (χ1n) is 2.62. The smallest absolute Gasteiger partial charge is 0.243 e. The van der Waals surface area contributed by atoms with E-state index in [2.05, 4.69) is 10.5 Å². The second kappa shape index (κ2) is 1.94. The van der Waals surface area contributed by atoms with E-state index in [1.807, 2.05) is 6.92 Å². The first-order valence-corrected chi connectivity index (χ1v) is 2.62. The van der Waals surface area contributed by atoms with E-state index in [1.54, 1.807) is 6.21 Å². The molecule has 0 saturated heterocycles. The van der Waals surface area contributed by atoms with Gasteiger partial charge in [-0.1, -0.05) is 6.92 Å². The lowest BCUT2D eigenvalue weighted by molar-refractivity contribution is -0.124. The lowest BCUT2D eigenvalue weighted by Gasteiger charge is -2.09. The Labute approximate surface area is 47.8 Å². The fourth-order valence-corrected chi connectivity index (χ4v) is 0.537. The van der Waals surface area contributed by atoms with E-state index < -0.39 is 0 Å². The molecule has 1 N–H and O–H groups in total. The van der Waals surface area contributed by atoms with Gasteiger partial charge in [0.1, 0.15) is 0 Å². The van der Waals surface area contributed by atoms with Gasteiger partial charge in [0.25, 0.3) is 0 Å². The van der Waals surface area contributed by atoms with Gasteiger partial charge < -0.3 is 0 Å². The van der Waals surface area contributed by atoms with Gasteiger partial charge in [-0.3, -0.25) is 4.79 Å². The second-order valence-corrected chi connectivity index (χ2v) is 1.92. The normalized spacial score (nSPS) is 27.6. The molecule has 0 aromatic carbocycles. The number of hydrazone groups is 1. The highest BCUT2D eigenvalue weighted by molar-refractivity contribution is 5.84. The van der Waals surface area contributed by atoms with E-state index in [0.29, 0.717) is 0 Å². The number of carbonyl (C=O) groups is 1. The van der Waals surface area contributed by atoms with Crippen LogP contribution in [0.2, 0.25) is 0 Å². The first kappa shape index (κ1) is 5.28. The Hall–Kier alpha value is -0.860. The van der Waals surface area contributed by atoms with Crippen molar-refractivity contribution >= 4 is 12.1 Å². The quantitative estimate of drug-likeness (QED) is 0.475. The maximum atomic E-state index is 10.6. The fourth-order valence-electron chi connectivity index (χ4n) is 0.537. The molecule has 3 heteroatoms. The van der Waals surface area contributed by atoms with Crippen LogP contribution in [0.25, 0.3) is 0 Å². The zero-order valence-corrected chi connectivity index (χ0v) is 4.72. The molecule has 1 rings (SSSR count). The monoisotopic (exact) mass is 112 g/mol. The summed E-state index contributed by atoms with van der Waals surface area (Å²) in [7, 11) is 0. The van der Waals surface area contributed by atoms with Gasteiger partial charge in [-0.15, -0.1) is 0 Å². The van der Waals surface area contributed by atoms with E-state index >= 15 is 0 Å². The number of carbonyl (C=O) groups excluding carboxylic acids is 1. The van der Waals surface area contributed by atoms with Crippen LogP contribution in [-0.4, -0.2) is 12.1 Å². The van der Waals surface area contributed by atoms with Crippen molar-refractivity contribution in [3.05, 3.63) is 0 Å². The number of nitrogens with one attached hydrogen (secondary N) is 1. The Balaban J connectivity index is 2.57. The summed E-state index contributed by atoms with van der Waals surface area (Å²) in [6, 6.07) is 0. The Bertz CT molecular complexity index is 130. The van der Waals surface area contributed by atoms with E-state index in [-0.39, 0.29) is 11.8 Å². The van der Waals surface area contributed by atoms with Crippen LogP contribution in [0.3, 0.4) is 0 Å². The van der Waals surface area contributed by atoms with Crippen LogP contribution in [0.4, 0.5) is 0 Å². The molecule has 1 aliphatic rings. The SMILES string of the molecule is CC1CC=NNC1=O. The largest absolute Gasteiger partial charge is 0.273 e. The standard InChI is InChI=1S/C5H8N2O/c1-4-2-3-6-7-5(4)8/h3-4H,2H2,1H3,(H,7,8). The Kier molecular flexibility index (Phi) is 1.28. The predicted octanol–water partition coefficient (Wildman–Crippen LogP) is 0.128. The molecule has 0 fully saturated rings. The van der Waals surface area contributed by atoms with Gasteiger partial charge in [-0.2, -0.15) is 5.10 Å². The molecule has 0 aromatic rings. The topological polar surface area (TPSA) is 41.5 Å². The molecule has 0 bridgehead atoms. The van der Waals surface area contributed by atoms with Crippen molar-refractivity contribution < 1.29 is 4.79 Å². The fraction of sp³-hybridized carbons (Fsp3) is 0.600. The summed E-state index contributed by atoms with van der Waals surface area (Å²) in [5, 5.41) is 3.58. The zero-order valence-electron chi connectivity index (χ0n) is 4.72. The first-order chi connectivity index (χ1) is 3.80. The van der Waals surface area contributed by atoms with Gasteiger partial charge in [-0.25, -0.2) is 5.43 Å². The minimum atomic E-state index is 0.0208. The molecule has 0 spiro atoms. The average molecular weight is 112 g/mol. The van der Waals surface area contributed by atoms with Crippen LogP contribution >= 0.6 is 0 Å². The van der Waals surface area contributed by atoms with Gasteiger partial charge in [0.15, 0.2) is 0 Å². The van der Waals surface area contributed by atoms with Crippen molar-refractivity contribution in [1.82, 2.24) is 5.43 Å². The van der Waals surface area contributed by atoms with Gasteiger partial charge in [0.2, 0.25) is 5.91 Å². The number of amides is 1. The highest BCUT2D eigenvalue weighted by atomic mass is 16.2. The molecule has 1 atom stereocenters. The van der Waals surface area contributed by atoms with Crippen LogP contribution in [0.1, 0.15) is 13.3 Å². The van der Waals surface area contributed by atoms with Crippen molar-refractivity contribution in [1.29, 1.82) is 0 Å². The maximum Gasteiger partial charge on any atom is 0.243 e. The number of hydrogen-bond donors (Lipinski definition) is 1. The lowest BCUT2D eigenvalue weighted by Crippen LogP contribution is -2.28. The Morgan fingerprint density at radius 3 is 3.12 bits per heavy atom. The Morgan fingerprint density at radius 1 is 2.00 bits per heavy atom. The molecule has 1 aliphatic heterocycles. The van der Waals surface area contributed by atoms with Crippen molar-refractivity contribution in [2.75, 3.05) is 0 Å². The Morgan fingerprint density at radius 2 is 2.75 bits per heavy atom. The molecule has 1 heterocycles. The summed E-state index contributed by atoms with van der Waals surface area (Å²) in [5.41, 5.74) is 2.36. The molecule has 0 aromatic heterocycles. The van der Waals surface area contributed by atoms with Crippen molar-refractivity contribution in [3.8, 4) is 0 Å². The lowest BCUT2D eigenvalue weighted by atomic mass is 10.1. The summed E-state index contributed by atoms with van der Waals surface area (Å²) >= 11 is 0. The van der Waals surface area contributed by atoms with Gasteiger partial charge >= 0.3 is 0 Å². The van der Waals surface area contributed by atoms with Crippen LogP contribution in [0.15, 0.2) is 5.10 Å². The van der Waals surface area contributed by atoms with Crippen LogP contribution in [0.5, 0.6) is 0 Å². The number of rotatable bonds is 0. The van der Waals surface area contributed by atoms with E-state index in [0.717, 1.165) is 6.42 Å². The molecule has 8 heavy (non-hydrogen) atoms. The predicted molar refractivity (Wildman–Crippen MR) is 30.4 cm³/mol. The minimum Gasteiger partial charge on any atom is -0.273 e. The second-order valence-electron chi connectivity index (χ2n) is 1.92. The molecule has 1 unspecified atom stereocenters. The van der Waals surface area contributed by atoms with Crippen molar-refractivity contribution in [3.63, 3.8) is 0 Å². The van der Waals surface area contributed by atoms with E-state index in [4.69, 9.17) is 0 Å². The summed E-state index contributed by atoms with van der Waals surface area (Å²) in [4.78, 5) is 10.6. The molecule has 44 valence electrons. The van der Waals surface area contributed by atoms with Crippen molar-refractivity contribution in [2.45, 2.75) is 13.3 Å². The molecule has 1 amide bonds. The molecule has 0 saturated carbocycles. The van der Waals surface area contributed by atoms with E-state index in [9.17, 15) is 4.79 Å². The number of hydrogen-bond acceptors (Lipinski definition) is 2. The molecular formula is C5H8N2O. The van der Waals surface area contributed by atoms with Gasteiger partial charge in [-0.05, 0) is 6.42 Å². The highest BCUT2D eigenvalue weighted by Crippen LogP contribution is 2.01. The molecule has 0 radical (unpaired) electrons. The van der Waals surface area contributed by atoms with Gasteiger partial charge in [0, 0.05) is 12.1 Å². The summed E-state index contributed by atoms with van der Waals surface area (Å²) in [6.45, 7) is 1.88. The number of nitrogens with zero attached hydrogens (tertiary/aromatic N) is 1. The summed E-state index contributed by atoms with van der Waals surface area (Å²) in [6.07, 6.45) is 2.48. The average Bonchev–Trinajstić information content (AvgIpc) is 1.77. The third kappa shape index (κ3) is 0.857. The molecule has 0 aliphatic carbocycles. The minimum absolute atomic E-state index is 0.0208. The molecule has 3 nitrogen and oxygen atoms in total. The zero-order chi connectivity index (χ0) is 5.98. The molecular weight excluding hydrogens is 104 g/mol. The van der Waals surface area contributed by atoms with Gasteiger partial charge in [0.05, 0.1) is 0 Å². The van der Waals surface area contributed by atoms with Crippen LogP contribution in [-0.2, 0) is 4.79 Å². The maximum absolute atomic E-state index is 10.6. The van der Waals surface area contributed by atoms with Crippen LogP contribution < -0.4 is 5.43 Å². The summed E-state index contributed by atoms with van der Waals surface area (Å²) < 4.78 is 0. The van der Waals surface area contributed by atoms with Crippen molar-refractivity contribution in [2.24, 2.45) is 11.0 Å². The summed E-state index contributed by atoms with van der Waals surface area (Å²) in [5.74, 6) is 0.125.